The molecule has 1 saturated carbocycles. The van der Waals surface area contributed by atoms with Gasteiger partial charge in [0.05, 0.1) is 18.2 Å². The van der Waals surface area contributed by atoms with Crippen LogP contribution in [0.15, 0.2) is 18.2 Å². The Bertz CT molecular complexity index is 517. The van der Waals surface area contributed by atoms with Crippen molar-refractivity contribution in [2.75, 3.05) is 6.54 Å². The first-order valence-electron chi connectivity index (χ1n) is 7.25. The first-order valence-corrected chi connectivity index (χ1v) is 7.25. The third-order valence-corrected chi connectivity index (χ3v) is 4.11. The lowest BCUT2D eigenvalue weighted by Crippen LogP contribution is -2.29. The predicted octanol–water partition coefficient (Wildman–Crippen LogP) is 3.34. The molecule has 108 valence electrons. The molecule has 1 aliphatic carbocycles. The van der Waals surface area contributed by atoms with E-state index in [0.29, 0.717) is 17.2 Å². The zero-order valence-electron chi connectivity index (χ0n) is 12.2. The summed E-state index contributed by atoms with van der Waals surface area (Å²) in [4.78, 5) is 0. The Morgan fingerprint density at radius 1 is 1.30 bits per heavy atom. The minimum absolute atomic E-state index is 0.199. The van der Waals surface area contributed by atoms with Crippen molar-refractivity contribution in [2.24, 2.45) is 17.6 Å². The smallest absolute Gasteiger partial charge is 0.135 e. The average molecular weight is 275 g/mol. The molecule has 0 aromatic heterocycles. The molecule has 0 radical (unpaired) electrons. The summed E-state index contributed by atoms with van der Waals surface area (Å²) in [5.41, 5.74) is 5.96. The zero-order chi connectivity index (χ0) is 14.5. The molecule has 0 aliphatic heterocycles. The van der Waals surface area contributed by atoms with Crippen molar-refractivity contribution < 1.29 is 9.13 Å². The second kappa shape index (κ2) is 6.76. The van der Waals surface area contributed by atoms with Crippen molar-refractivity contribution in [2.45, 2.75) is 39.2 Å². The third kappa shape index (κ3) is 3.74. The molecule has 1 fully saturated rings. The number of nitrogens with two attached hydrogens (primary N) is 1. The number of ether oxygens (including phenoxy) is 1. The molecular formula is C17H22FNO. The van der Waals surface area contributed by atoms with Gasteiger partial charge in [-0.25, -0.2) is 4.39 Å². The summed E-state index contributed by atoms with van der Waals surface area (Å²) in [6.45, 7) is 4.81. The minimum Gasteiger partial charge on any atom is -0.489 e. The molecular weight excluding hydrogens is 253 g/mol. The highest BCUT2D eigenvalue weighted by atomic mass is 19.1. The Balaban J connectivity index is 2.12. The van der Waals surface area contributed by atoms with Gasteiger partial charge in [0.25, 0.3) is 0 Å². The molecule has 0 bridgehead atoms. The van der Waals surface area contributed by atoms with Crippen LogP contribution in [0.25, 0.3) is 0 Å². The summed E-state index contributed by atoms with van der Waals surface area (Å²) in [5.74, 6) is 7.41. The van der Waals surface area contributed by atoms with E-state index in [1.807, 2.05) is 0 Å². The molecule has 1 aliphatic rings. The van der Waals surface area contributed by atoms with Gasteiger partial charge in [0.15, 0.2) is 0 Å². The minimum atomic E-state index is -0.302. The molecule has 0 saturated heterocycles. The standard InChI is InChI=1S/C17H22FNO/c1-12-5-7-16(10-13(12)2)20-17-8-6-15(18)11-14(17)4-3-9-19/h6,8,11-13,16H,5,7,9-10,19H2,1-2H3. The van der Waals surface area contributed by atoms with Crippen molar-refractivity contribution in [1.29, 1.82) is 0 Å². The summed E-state index contributed by atoms with van der Waals surface area (Å²) in [6, 6.07) is 4.49. The van der Waals surface area contributed by atoms with Gasteiger partial charge in [-0.05, 0) is 49.3 Å². The second-order valence-electron chi connectivity index (χ2n) is 5.65. The van der Waals surface area contributed by atoms with Crippen LogP contribution in [-0.2, 0) is 0 Å². The molecule has 3 heteroatoms. The van der Waals surface area contributed by atoms with E-state index in [0.717, 1.165) is 18.8 Å². The molecule has 1 aromatic carbocycles. The lowest BCUT2D eigenvalue weighted by atomic mass is 9.80. The Labute approximate surface area is 120 Å². The normalized spacial score (nSPS) is 25.7. The van der Waals surface area contributed by atoms with Crippen molar-refractivity contribution in [3.8, 4) is 17.6 Å². The number of hydrogen-bond donors (Lipinski definition) is 1. The van der Waals surface area contributed by atoms with Crippen LogP contribution < -0.4 is 10.5 Å². The molecule has 1 aromatic rings. The maximum absolute atomic E-state index is 13.3. The first-order chi connectivity index (χ1) is 9.60. The van der Waals surface area contributed by atoms with Crippen LogP contribution in [0.1, 0.15) is 38.7 Å². The molecule has 3 atom stereocenters. The van der Waals surface area contributed by atoms with Gasteiger partial charge in [0.1, 0.15) is 11.6 Å². The molecule has 0 amide bonds. The van der Waals surface area contributed by atoms with Gasteiger partial charge in [-0.1, -0.05) is 25.7 Å². The molecule has 3 unspecified atom stereocenters. The lowest BCUT2D eigenvalue weighted by molar-refractivity contribution is 0.100. The van der Waals surface area contributed by atoms with Crippen LogP contribution >= 0.6 is 0 Å². The van der Waals surface area contributed by atoms with Crippen LogP contribution in [0, 0.1) is 29.5 Å². The fourth-order valence-electron chi connectivity index (χ4n) is 2.63. The van der Waals surface area contributed by atoms with Crippen LogP contribution in [0.5, 0.6) is 5.75 Å². The van der Waals surface area contributed by atoms with E-state index in [1.165, 1.54) is 18.6 Å². The maximum Gasteiger partial charge on any atom is 0.135 e. The van der Waals surface area contributed by atoms with Gasteiger partial charge >= 0.3 is 0 Å². The third-order valence-electron chi connectivity index (χ3n) is 4.11. The highest BCUT2D eigenvalue weighted by Gasteiger charge is 2.26. The molecule has 2 nitrogen and oxygen atoms in total. The molecule has 20 heavy (non-hydrogen) atoms. The Kier molecular flexibility index (Phi) is 5.03. The van der Waals surface area contributed by atoms with Crippen LogP contribution in [0.2, 0.25) is 0 Å². The van der Waals surface area contributed by atoms with Crippen molar-refractivity contribution >= 4 is 0 Å². The van der Waals surface area contributed by atoms with Gasteiger partial charge < -0.3 is 10.5 Å². The second-order valence-corrected chi connectivity index (χ2v) is 5.65. The lowest BCUT2D eigenvalue weighted by Gasteiger charge is -2.32. The highest BCUT2D eigenvalue weighted by molar-refractivity contribution is 5.46. The van der Waals surface area contributed by atoms with Crippen LogP contribution in [0.4, 0.5) is 4.39 Å². The molecule has 0 heterocycles. The summed E-state index contributed by atoms with van der Waals surface area (Å²) >= 11 is 0. The highest BCUT2D eigenvalue weighted by Crippen LogP contribution is 2.32. The van der Waals surface area contributed by atoms with Gasteiger partial charge in [-0.2, -0.15) is 0 Å². The predicted molar refractivity (Wildman–Crippen MR) is 78.9 cm³/mol. The van der Waals surface area contributed by atoms with E-state index in [1.54, 1.807) is 6.07 Å². The monoisotopic (exact) mass is 275 g/mol. The van der Waals surface area contributed by atoms with Gasteiger partial charge in [-0.15, -0.1) is 0 Å². The van der Waals surface area contributed by atoms with E-state index >= 15 is 0 Å². The summed E-state index contributed by atoms with van der Waals surface area (Å²) in [6.07, 6.45) is 3.47. The average Bonchev–Trinajstić information content (AvgIpc) is 2.43. The van der Waals surface area contributed by atoms with Gasteiger partial charge in [0, 0.05) is 0 Å². The van der Waals surface area contributed by atoms with Crippen LogP contribution in [-0.4, -0.2) is 12.6 Å². The largest absolute Gasteiger partial charge is 0.489 e. The maximum atomic E-state index is 13.3. The quantitative estimate of drug-likeness (QED) is 0.840. The van der Waals surface area contributed by atoms with Crippen molar-refractivity contribution in [3.05, 3.63) is 29.6 Å². The number of halogens is 1. The van der Waals surface area contributed by atoms with E-state index < -0.39 is 0 Å². The van der Waals surface area contributed by atoms with Crippen molar-refractivity contribution in [3.63, 3.8) is 0 Å². The fourth-order valence-corrected chi connectivity index (χ4v) is 2.63. The number of hydrogen-bond acceptors (Lipinski definition) is 2. The first kappa shape index (κ1) is 14.9. The Hall–Kier alpha value is -1.53. The van der Waals surface area contributed by atoms with Gasteiger partial charge in [-0.3, -0.25) is 0 Å². The van der Waals surface area contributed by atoms with Gasteiger partial charge in [0.2, 0.25) is 0 Å². The number of rotatable bonds is 2. The molecule has 2 N–H and O–H groups in total. The molecule has 2 rings (SSSR count). The summed E-state index contributed by atoms with van der Waals surface area (Å²) in [5, 5.41) is 0. The Morgan fingerprint density at radius 3 is 2.80 bits per heavy atom. The zero-order valence-corrected chi connectivity index (χ0v) is 12.2. The van der Waals surface area contributed by atoms with E-state index in [-0.39, 0.29) is 18.5 Å². The summed E-state index contributed by atoms with van der Waals surface area (Å²) in [7, 11) is 0. The Morgan fingerprint density at radius 2 is 2.10 bits per heavy atom. The fraction of sp³-hybridized carbons (Fsp3) is 0.529. The van der Waals surface area contributed by atoms with E-state index in [4.69, 9.17) is 10.5 Å². The number of benzene rings is 1. The van der Waals surface area contributed by atoms with E-state index in [9.17, 15) is 4.39 Å². The van der Waals surface area contributed by atoms with Crippen molar-refractivity contribution in [1.82, 2.24) is 0 Å². The van der Waals surface area contributed by atoms with Crippen LogP contribution in [0.3, 0.4) is 0 Å². The molecule has 0 spiro atoms. The topological polar surface area (TPSA) is 35.2 Å². The van der Waals surface area contributed by atoms with E-state index in [2.05, 4.69) is 25.7 Å². The summed E-state index contributed by atoms with van der Waals surface area (Å²) < 4.78 is 19.4. The SMILES string of the molecule is CC1CCC(Oc2ccc(F)cc2C#CCN)CC1C.